The number of hydrogen-bond acceptors (Lipinski definition) is 6. The van der Waals surface area contributed by atoms with Crippen LogP contribution < -0.4 is 24.8 Å². The van der Waals surface area contributed by atoms with E-state index >= 15 is 0 Å². The van der Waals surface area contributed by atoms with E-state index in [-0.39, 0.29) is 12.5 Å². The van der Waals surface area contributed by atoms with Gasteiger partial charge in [-0.1, -0.05) is 0 Å². The van der Waals surface area contributed by atoms with Crippen LogP contribution in [0.5, 0.6) is 17.2 Å². The Kier molecular flexibility index (Phi) is 8.42. The lowest BCUT2D eigenvalue weighted by atomic mass is 10.1. The summed E-state index contributed by atoms with van der Waals surface area (Å²) in [6, 6.07) is 3.04. The van der Waals surface area contributed by atoms with Crippen LogP contribution in [0.4, 0.5) is 0 Å². The van der Waals surface area contributed by atoms with Crippen LogP contribution in [0.2, 0.25) is 0 Å². The summed E-state index contributed by atoms with van der Waals surface area (Å²) in [5, 5.41) is 5.23. The van der Waals surface area contributed by atoms with E-state index in [1.54, 1.807) is 7.11 Å². The largest absolute Gasteiger partial charge is 0.493 e. The highest BCUT2D eigenvalue weighted by Gasteiger charge is 2.17. The summed E-state index contributed by atoms with van der Waals surface area (Å²) in [7, 11) is 6.01. The first kappa shape index (κ1) is 19.6. The van der Waals surface area contributed by atoms with Gasteiger partial charge in [0.05, 0.1) is 27.9 Å². The second-order valence-electron chi connectivity index (χ2n) is 4.79. The predicted octanol–water partition coefficient (Wildman–Crippen LogP) is 0.595. The van der Waals surface area contributed by atoms with Gasteiger partial charge in [0.15, 0.2) is 11.5 Å². The van der Waals surface area contributed by atoms with E-state index in [9.17, 15) is 9.59 Å². The first-order chi connectivity index (χ1) is 11.6. The maximum absolute atomic E-state index is 12.2. The van der Waals surface area contributed by atoms with Crippen LogP contribution in [0.15, 0.2) is 12.1 Å². The molecule has 0 bridgehead atoms. The molecule has 8 nitrogen and oxygen atoms in total. The lowest BCUT2D eigenvalue weighted by Gasteiger charge is -2.14. The zero-order valence-electron chi connectivity index (χ0n) is 14.4. The minimum absolute atomic E-state index is 0.123. The molecule has 2 amide bonds. The number of rotatable bonds is 10. The number of nitrogens with one attached hydrogen (secondary N) is 2. The maximum Gasteiger partial charge on any atom is 0.251 e. The normalized spacial score (nSPS) is 10.0. The Balaban J connectivity index is 2.66. The van der Waals surface area contributed by atoms with Gasteiger partial charge in [-0.25, -0.2) is 0 Å². The molecule has 24 heavy (non-hydrogen) atoms. The monoisotopic (exact) mass is 340 g/mol. The molecule has 1 aromatic rings. The van der Waals surface area contributed by atoms with Crippen LogP contribution in [0.25, 0.3) is 0 Å². The van der Waals surface area contributed by atoms with Crippen molar-refractivity contribution in [2.45, 2.75) is 6.42 Å². The highest BCUT2D eigenvalue weighted by Crippen LogP contribution is 2.38. The molecule has 134 valence electrons. The smallest absolute Gasteiger partial charge is 0.251 e. The number of hydrogen-bond donors (Lipinski definition) is 2. The standard InChI is InChI=1S/C16H24N2O6/c1-21-7-5-6-17-14(19)10-18-16(20)11-8-12(22-2)15(24-4)13(9-11)23-3/h8-9H,5-7,10H2,1-4H3,(H,17,19)(H,18,20). The molecule has 0 radical (unpaired) electrons. The van der Waals surface area contributed by atoms with Crippen molar-refractivity contribution in [2.75, 3.05) is 48.1 Å². The fraction of sp³-hybridized carbons (Fsp3) is 0.500. The second-order valence-corrected chi connectivity index (χ2v) is 4.79. The third kappa shape index (κ3) is 5.62. The van der Waals surface area contributed by atoms with Crippen molar-refractivity contribution < 1.29 is 28.5 Å². The summed E-state index contributed by atoms with van der Waals surface area (Å²) >= 11 is 0. The molecule has 1 aromatic carbocycles. The molecule has 1 rings (SSSR count). The van der Waals surface area contributed by atoms with Gasteiger partial charge in [-0.2, -0.15) is 0 Å². The van der Waals surface area contributed by atoms with E-state index in [1.807, 2.05) is 0 Å². The third-order valence-electron chi connectivity index (χ3n) is 3.18. The minimum Gasteiger partial charge on any atom is -0.493 e. The molecule has 0 aromatic heterocycles. The number of methoxy groups -OCH3 is 4. The van der Waals surface area contributed by atoms with Gasteiger partial charge in [0.2, 0.25) is 11.7 Å². The van der Waals surface area contributed by atoms with Crippen molar-refractivity contribution in [1.82, 2.24) is 10.6 Å². The molecule has 8 heteroatoms. The third-order valence-corrected chi connectivity index (χ3v) is 3.18. The molecular weight excluding hydrogens is 316 g/mol. The van der Waals surface area contributed by atoms with E-state index in [0.717, 1.165) is 0 Å². The second kappa shape index (κ2) is 10.3. The van der Waals surface area contributed by atoms with Crippen molar-refractivity contribution in [3.63, 3.8) is 0 Å². The average Bonchev–Trinajstić information content (AvgIpc) is 2.61. The van der Waals surface area contributed by atoms with Crippen LogP contribution in [-0.2, 0) is 9.53 Å². The predicted molar refractivity (Wildman–Crippen MR) is 87.9 cm³/mol. The number of ether oxygens (including phenoxy) is 4. The van der Waals surface area contributed by atoms with Crippen molar-refractivity contribution in [3.8, 4) is 17.2 Å². The zero-order chi connectivity index (χ0) is 17.9. The first-order valence-corrected chi connectivity index (χ1v) is 7.41. The summed E-state index contributed by atoms with van der Waals surface area (Å²) in [4.78, 5) is 23.9. The van der Waals surface area contributed by atoms with E-state index in [0.29, 0.717) is 42.4 Å². The molecule has 0 spiro atoms. The van der Waals surface area contributed by atoms with Crippen LogP contribution in [-0.4, -0.2) is 59.9 Å². The molecule has 0 atom stereocenters. The summed E-state index contributed by atoms with van der Waals surface area (Å²) in [6.07, 6.45) is 0.711. The summed E-state index contributed by atoms with van der Waals surface area (Å²) < 4.78 is 20.5. The highest BCUT2D eigenvalue weighted by molar-refractivity contribution is 5.97. The Morgan fingerprint density at radius 3 is 2.08 bits per heavy atom. The average molecular weight is 340 g/mol. The van der Waals surface area contributed by atoms with Gasteiger partial charge in [0.25, 0.3) is 5.91 Å². The van der Waals surface area contributed by atoms with Gasteiger partial charge in [0.1, 0.15) is 0 Å². The van der Waals surface area contributed by atoms with E-state index < -0.39 is 5.91 Å². The van der Waals surface area contributed by atoms with Crippen molar-refractivity contribution in [3.05, 3.63) is 17.7 Å². The molecule has 0 heterocycles. The molecular formula is C16H24N2O6. The van der Waals surface area contributed by atoms with Crippen LogP contribution >= 0.6 is 0 Å². The molecule has 2 N–H and O–H groups in total. The number of benzene rings is 1. The highest BCUT2D eigenvalue weighted by atomic mass is 16.5. The summed E-state index contributed by atoms with van der Waals surface area (Å²) in [5.74, 6) is 0.442. The molecule has 0 aliphatic rings. The van der Waals surface area contributed by atoms with Crippen molar-refractivity contribution >= 4 is 11.8 Å². The van der Waals surface area contributed by atoms with E-state index in [4.69, 9.17) is 18.9 Å². The lowest BCUT2D eigenvalue weighted by Crippen LogP contribution is -2.37. The fourth-order valence-corrected chi connectivity index (χ4v) is 1.98. The number of amides is 2. The van der Waals surface area contributed by atoms with Crippen LogP contribution in [0.3, 0.4) is 0 Å². The molecule has 0 saturated heterocycles. The maximum atomic E-state index is 12.2. The van der Waals surface area contributed by atoms with Crippen molar-refractivity contribution in [2.24, 2.45) is 0 Å². The van der Waals surface area contributed by atoms with Gasteiger partial charge >= 0.3 is 0 Å². The van der Waals surface area contributed by atoms with Gasteiger partial charge in [-0.15, -0.1) is 0 Å². The van der Waals surface area contributed by atoms with E-state index in [2.05, 4.69) is 10.6 Å². The summed E-state index contributed by atoms with van der Waals surface area (Å²) in [6.45, 7) is 0.938. The van der Waals surface area contributed by atoms with Crippen molar-refractivity contribution in [1.29, 1.82) is 0 Å². The minimum atomic E-state index is -0.415. The topological polar surface area (TPSA) is 95.1 Å². The van der Waals surface area contributed by atoms with Gasteiger partial charge in [0, 0.05) is 25.8 Å². The molecule has 0 aliphatic heterocycles. The summed E-state index contributed by atoms with van der Waals surface area (Å²) in [5.41, 5.74) is 0.302. The molecule has 0 saturated carbocycles. The molecule has 0 unspecified atom stereocenters. The van der Waals surface area contributed by atoms with Crippen LogP contribution in [0, 0.1) is 0 Å². The Hall–Kier alpha value is -2.48. The Morgan fingerprint density at radius 2 is 1.58 bits per heavy atom. The Morgan fingerprint density at radius 1 is 0.958 bits per heavy atom. The van der Waals surface area contributed by atoms with Gasteiger partial charge in [-0.05, 0) is 18.6 Å². The van der Waals surface area contributed by atoms with E-state index in [1.165, 1.54) is 33.5 Å². The quantitative estimate of drug-likeness (QED) is 0.606. The zero-order valence-corrected chi connectivity index (χ0v) is 14.4. The SMILES string of the molecule is COCCCNC(=O)CNC(=O)c1cc(OC)c(OC)c(OC)c1. The Bertz CT molecular complexity index is 536. The van der Waals surface area contributed by atoms with Gasteiger partial charge in [-0.3, -0.25) is 9.59 Å². The first-order valence-electron chi connectivity index (χ1n) is 7.41. The number of carbonyl (C=O) groups excluding carboxylic acids is 2. The fourth-order valence-electron chi connectivity index (χ4n) is 1.98. The Labute approximate surface area is 141 Å². The van der Waals surface area contributed by atoms with Crippen LogP contribution in [0.1, 0.15) is 16.8 Å². The van der Waals surface area contributed by atoms with Gasteiger partial charge < -0.3 is 29.6 Å². The lowest BCUT2D eigenvalue weighted by molar-refractivity contribution is -0.120. The molecule has 0 fully saturated rings. The molecule has 0 aliphatic carbocycles. The number of carbonyl (C=O) groups is 2.